The standard InChI is InChI=1S/C15H9F6N3O2/c16-14(17,18)8-3-9(15(19,20)21)5-10(4-8)24-13(26)11-2-1-7(6-23-11)12(22)25/h1-6H,(H2,22,25)(H,24,26). The van der Waals surface area contributed by atoms with Crippen molar-refractivity contribution in [3.8, 4) is 0 Å². The lowest BCUT2D eigenvalue weighted by Gasteiger charge is -2.14. The molecule has 138 valence electrons. The zero-order chi connectivity index (χ0) is 19.7. The van der Waals surface area contributed by atoms with Crippen molar-refractivity contribution < 1.29 is 35.9 Å². The molecule has 0 aliphatic rings. The van der Waals surface area contributed by atoms with E-state index in [1.54, 1.807) is 0 Å². The summed E-state index contributed by atoms with van der Waals surface area (Å²) in [6.07, 6.45) is -9.13. The molecule has 1 aromatic heterocycles. The maximum absolute atomic E-state index is 12.8. The Morgan fingerprint density at radius 3 is 1.85 bits per heavy atom. The molecule has 0 aliphatic heterocycles. The molecule has 0 atom stereocenters. The van der Waals surface area contributed by atoms with Gasteiger partial charge in [0, 0.05) is 11.9 Å². The Hall–Kier alpha value is -3.11. The molecule has 2 rings (SSSR count). The Kier molecular flexibility index (Phi) is 4.92. The van der Waals surface area contributed by atoms with Crippen LogP contribution in [-0.2, 0) is 12.4 Å². The third kappa shape index (κ3) is 4.49. The number of nitrogens with two attached hydrogens (primary N) is 1. The molecule has 0 radical (unpaired) electrons. The second kappa shape index (κ2) is 6.65. The van der Waals surface area contributed by atoms with E-state index in [-0.39, 0.29) is 17.3 Å². The van der Waals surface area contributed by atoms with Crippen LogP contribution in [0, 0.1) is 0 Å². The Labute approximate surface area is 141 Å². The van der Waals surface area contributed by atoms with Gasteiger partial charge in [0.25, 0.3) is 5.91 Å². The highest BCUT2D eigenvalue weighted by Crippen LogP contribution is 2.37. The number of hydrogen-bond acceptors (Lipinski definition) is 3. The molecule has 0 saturated heterocycles. The number of hydrogen-bond donors (Lipinski definition) is 2. The van der Waals surface area contributed by atoms with E-state index in [2.05, 4.69) is 4.98 Å². The quantitative estimate of drug-likeness (QED) is 0.804. The molecule has 3 N–H and O–H groups in total. The molecule has 2 aromatic rings. The van der Waals surface area contributed by atoms with E-state index in [0.717, 1.165) is 18.3 Å². The van der Waals surface area contributed by atoms with E-state index in [4.69, 9.17) is 5.73 Å². The minimum atomic E-state index is -5.04. The van der Waals surface area contributed by atoms with Crippen molar-refractivity contribution in [2.24, 2.45) is 5.73 Å². The molecule has 1 heterocycles. The maximum Gasteiger partial charge on any atom is 0.416 e. The van der Waals surface area contributed by atoms with Gasteiger partial charge in [-0.1, -0.05) is 0 Å². The molecule has 0 fully saturated rings. The number of carbonyl (C=O) groups excluding carboxylic acids is 2. The molecular weight excluding hydrogens is 368 g/mol. The van der Waals surface area contributed by atoms with Gasteiger partial charge in [-0.2, -0.15) is 26.3 Å². The van der Waals surface area contributed by atoms with E-state index in [1.165, 1.54) is 0 Å². The number of halogens is 6. The van der Waals surface area contributed by atoms with Gasteiger partial charge in [-0.05, 0) is 30.3 Å². The number of nitrogens with zero attached hydrogens (tertiary/aromatic N) is 1. The smallest absolute Gasteiger partial charge is 0.366 e. The van der Waals surface area contributed by atoms with Gasteiger partial charge in [-0.15, -0.1) is 0 Å². The van der Waals surface area contributed by atoms with E-state index < -0.39 is 41.0 Å². The predicted octanol–water partition coefficient (Wildman–Crippen LogP) is 3.47. The minimum Gasteiger partial charge on any atom is -0.366 e. The van der Waals surface area contributed by atoms with Crippen LogP contribution in [0.3, 0.4) is 0 Å². The summed E-state index contributed by atoms with van der Waals surface area (Å²) in [7, 11) is 0. The largest absolute Gasteiger partial charge is 0.416 e. The summed E-state index contributed by atoms with van der Waals surface area (Å²) in [5.74, 6) is -1.88. The first-order valence-corrected chi connectivity index (χ1v) is 6.74. The summed E-state index contributed by atoms with van der Waals surface area (Å²) < 4.78 is 76.7. The van der Waals surface area contributed by atoms with Crippen LogP contribution in [0.15, 0.2) is 36.5 Å². The van der Waals surface area contributed by atoms with Gasteiger partial charge in [0.05, 0.1) is 16.7 Å². The fourth-order valence-corrected chi connectivity index (χ4v) is 1.90. The first-order valence-electron chi connectivity index (χ1n) is 6.74. The molecular formula is C15H9F6N3O2. The molecule has 5 nitrogen and oxygen atoms in total. The number of aromatic nitrogens is 1. The molecule has 2 amide bonds. The first kappa shape index (κ1) is 19.2. The third-order valence-electron chi connectivity index (χ3n) is 3.13. The molecule has 11 heteroatoms. The fourth-order valence-electron chi connectivity index (χ4n) is 1.90. The van der Waals surface area contributed by atoms with Gasteiger partial charge in [0.15, 0.2) is 0 Å². The molecule has 0 saturated carbocycles. The van der Waals surface area contributed by atoms with Crippen LogP contribution in [0.4, 0.5) is 32.0 Å². The Morgan fingerprint density at radius 2 is 1.46 bits per heavy atom. The second-order valence-electron chi connectivity index (χ2n) is 5.05. The van der Waals surface area contributed by atoms with Gasteiger partial charge in [0.2, 0.25) is 5.91 Å². The van der Waals surface area contributed by atoms with Crippen LogP contribution in [0.5, 0.6) is 0 Å². The molecule has 1 aromatic carbocycles. The van der Waals surface area contributed by atoms with Crippen LogP contribution in [0.25, 0.3) is 0 Å². The lowest BCUT2D eigenvalue weighted by atomic mass is 10.1. The highest BCUT2D eigenvalue weighted by Gasteiger charge is 2.37. The van der Waals surface area contributed by atoms with Gasteiger partial charge in [-0.25, -0.2) is 0 Å². The number of pyridine rings is 1. The molecule has 26 heavy (non-hydrogen) atoms. The Bertz CT molecular complexity index is 812. The van der Waals surface area contributed by atoms with Gasteiger partial charge < -0.3 is 11.1 Å². The number of anilines is 1. The van der Waals surface area contributed by atoms with Crippen molar-refractivity contribution in [1.29, 1.82) is 0 Å². The van der Waals surface area contributed by atoms with Crippen molar-refractivity contribution >= 4 is 17.5 Å². The zero-order valence-corrected chi connectivity index (χ0v) is 12.6. The lowest BCUT2D eigenvalue weighted by molar-refractivity contribution is -0.143. The van der Waals surface area contributed by atoms with Crippen LogP contribution in [0.1, 0.15) is 32.0 Å². The molecule has 0 bridgehead atoms. The number of amides is 2. The predicted molar refractivity (Wildman–Crippen MR) is 77.2 cm³/mol. The number of primary amides is 1. The average Bonchev–Trinajstić information content (AvgIpc) is 2.53. The van der Waals surface area contributed by atoms with E-state index in [0.29, 0.717) is 12.1 Å². The molecule has 0 aliphatic carbocycles. The maximum atomic E-state index is 12.8. The number of rotatable bonds is 3. The summed E-state index contributed by atoms with van der Waals surface area (Å²) in [6, 6.07) is 2.86. The number of nitrogens with one attached hydrogen (secondary N) is 1. The SMILES string of the molecule is NC(=O)c1ccc(C(=O)Nc2cc(C(F)(F)F)cc(C(F)(F)F)c2)nc1. The number of benzene rings is 1. The summed E-state index contributed by atoms with van der Waals surface area (Å²) in [6.45, 7) is 0. The van der Waals surface area contributed by atoms with Crippen molar-refractivity contribution in [3.63, 3.8) is 0 Å². The van der Waals surface area contributed by atoms with Gasteiger partial charge in [0.1, 0.15) is 5.69 Å². The number of alkyl halides is 6. The summed E-state index contributed by atoms with van der Waals surface area (Å²) in [4.78, 5) is 26.5. The Balaban J connectivity index is 2.35. The van der Waals surface area contributed by atoms with Gasteiger partial charge in [-0.3, -0.25) is 14.6 Å². The van der Waals surface area contributed by atoms with E-state index >= 15 is 0 Å². The summed E-state index contributed by atoms with van der Waals surface area (Å²) >= 11 is 0. The fraction of sp³-hybridized carbons (Fsp3) is 0.133. The Morgan fingerprint density at radius 1 is 0.923 bits per heavy atom. The highest BCUT2D eigenvalue weighted by molar-refractivity contribution is 6.03. The van der Waals surface area contributed by atoms with E-state index in [9.17, 15) is 35.9 Å². The third-order valence-corrected chi connectivity index (χ3v) is 3.13. The first-order chi connectivity index (χ1) is 11.9. The van der Waals surface area contributed by atoms with Crippen molar-refractivity contribution in [2.75, 3.05) is 5.32 Å². The van der Waals surface area contributed by atoms with Crippen LogP contribution in [0.2, 0.25) is 0 Å². The van der Waals surface area contributed by atoms with Crippen LogP contribution < -0.4 is 11.1 Å². The monoisotopic (exact) mass is 377 g/mol. The van der Waals surface area contributed by atoms with Crippen molar-refractivity contribution in [1.82, 2.24) is 4.98 Å². The molecule has 0 spiro atoms. The lowest BCUT2D eigenvalue weighted by Crippen LogP contribution is -2.17. The molecule has 0 unspecified atom stereocenters. The zero-order valence-electron chi connectivity index (χ0n) is 12.6. The van der Waals surface area contributed by atoms with Crippen molar-refractivity contribution in [2.45, 2.75) is 12.4 Å². The summed E-state index contributed by atoms with van der Waals surface area (Å²) in [5.41, 5.74) is 0.776. The van der Waals surface area contributed by atoms with Gasteiger partial charge >= 0.3 is 12.4 Å². The van der Waals surface area contributed by atoms with E-state index in [1.807, 2.05) is 5.32 Å². The second-order valence-corrected chi connectivity index (χ2v) is 5.05. The van der Waals surface area contributed by atoms with Crippen molar-refractivity contribution in [3.05, 3.63) is 58.9 Å². The number of carbonyl (C=O) groups is 2. The highest BCUT2D eigenvalue weighted by atomic mass is 19.4. The van der Waals surface area contributed by atoms with Crippen LogP contribution in [-0.4, -0.2) is 16.8 Å². The minimum absolute atomic E-state index is 0.0278. The topological polar surface area (TPSA) is 85.1 Å². The summed E-state index contributed by atoms with van der Waals surface area (Å²) in [5, 5.41) is 1.91. The normalized spacial score (nSPS) is 11.9. The average molecular weight is 377 g/mol. The van der Waals surface area contributed by atoms with Crippen LogP contribution >= 0.6 is 0 Å².